The normalized spacial score (nSPS) is 18.7. The van der Waals surface area contributed by atoms with Crippen molar-refractivity contribution in [2.75, 3.05) is 32.1 Å². The lowest BCUT2D eigenvalue weighted by Crippen LogP contribution is -2.50. The molecule has 2 bridgehead atoms. The Kier molecular flexibility index (Phi) is 7.02. The quantitative estimate of drug-likeness (QED) is 0.477. The predicted octanol–water partition coefficient (Wildman–Crippen LogP) is 4.09. The molecule has 2 aliphatic heterocycles. The zero-order chi connectivity index (χ0) is 26.1. The van der Waals surface area contributed by atoms with Gasteiger partial charge in [-0.3, -0.25) is 14.4 Å². The molecule has 37 heavy (non-hydrogen) atoms. The van der Waals surface area contributed by atoms with E-state index >= 15 is 0 Å². The second-order valence-corrected chi connectivity index (χ2v) is 10.7. The molecule has 0 radical (unpaired) electrons. The van der Waals surface area contributed by atoms with Gasteiger partial charge in [-0.15, -0.1) is 0 Å². The Balaban J connectivity index is 1.45. The summed E-state index contributed by atoms with van der Waals surface area (Å²) in [6.07, 6.45) is 2.68. The number of amides is 2. The van der Waals surface area contributed by atoms with Crippen LogP contribution in [0.2, 0.25) is 0 Å². The summed E-state index contributed by atoms with van der Waals surface area (Å²) in [6.45, 7) is 1.64. The Hall–Kier alpha value is -3.65. The lowest BCUT2D eigenvalue weighted by Gasteiger charge is -2.43. The van der Waals surface area contributed by atoms with Gasteiger partial charge in [0, 0.05) is 61.6 Å². The van der Waals surface area contributed by atoms with Gasteiger partial charge in [-0.1, -0.05) is 30.3 Å². The summed E-state index contributed by atoms with van der Waals surface area (Å²) in [4.78, 5) is 43.3. The van der Waals surface area contributed by atoms with E-state index in [0.717, 1.165) is 23.4 Å². The van der Waals surface area contributed by atoms with E-state index in [4.69, 9.17) is 0 Å². The van der Waals surface area contributed by atoms with E-state index in [1.54, 1.807) is 36.4 Å². The Morgan fingerprint density at radius 2 is 1.73 bits per heavy atom. The average Bonchev–Trinajstić information content (AvgIpc) is 2.89. The minimum absolute atomic E-state index is 0.00874. The summed E-state index contributed by atoms with van der Waals surface area (Å²) in [6, 6.07) is 20.3. The van der Waals surface area contributed by atoms with Crippen LogP contribution in [-0.2, 0) is 11.3 Å². The molecule has 8 heteroatoms. The number of rotatable bonds is 5. The first-order valence-corrected chi connectivity index (χ1v) is 13.1. The van der Waals surface area contributed by atoms with Crippen molar-refractivity contribution in [2.24, 2.45) is 5.92 Å². The molecule has 2 amide bonds. The van der Waals surface area contributed by atoms with Crippen LogP contribution in [0.15, 0.2) is 81.7 Å². The summed E-state index contributed by atoms with van der Waals surface area (Å²) in [7, 11) is 3.94. The highest BCUT2D eigenvalue weighted by Crippen LogP contribution is 2.35. The van der Waals surface area contributed by atoms with E-state index < -0.39 is 0 Å². The number of halogens is 1. The molecular formula is C29H29BrN4O3. The number of nitrogens with zero attached hydrogens (tertiary/aromatic N) is 3. The summed E-state index contributed by atoms with van der Waals surface area (Å²) < 4.78 is 2.50. The van der Waals surface area contributed by atoms with Crippen molar-refractivity contribution in [2.45, 2.75) is 18.9 Å². The van der Waals surface area contributed by atoms with Gasteiger partial charge >= 0.3 is 0 Å². The maximum Gasteiger partial charge on any atom is 0.270 e. The minimum Gasteiger partial charge on any atom is -0.378 e. The first-order valence-electron chi connectivity index (χ1n) is 12.3. The van der Waals surface area contributed by atoms with Gasteiger partial charge in [-0.2, -0.15) is 0 Å². The summed E-state index contributed by atoms with van der Waals surface area (Å²) in [5, 5.41) is 2.89. The highest BCUT2D eigenvalue weighted by molar-refractivity contribution is 9.10. The third-order valence-electron chi connectivity index (χ3n) is 7.08. The van der Waals surface area contributed by atoms with Gasteiger partial charge in [-0.25, -0.2) is 0 Å². The SMILES string of the molecule is CN(C)c1ccc(/C=C(\NC(=O)c2ccccc2Br)C(=O)N2C[C@H]3C[C@H](C2)c2cccc(=O)n2C3)cc1. The molecule has 1 fully saturated rings. The molecule has 7 nitrogen and oxygen atoms in total. The van der Waals surface area contributed by atoms with Crippen molar-refractivity contribution < 1.29 is 9.59 Å². The molecular weight excluding hydrogens is 532 g/mol. The Labute approximate surface area is 224 Å². The predicted molar refractivity (Wildman–Crippen MR) is 148 cm³/mol. The maximum atomic E-state index is 13.9. The fraction of sp³-hybridized carbons (Fsp3) is 0.276. The highest BCUT2D eigenvalue weighted by Gasteiger charge is 2.37. The number of hydrogen-bond donors (Lipinski definition) is 1. The number of pyridine rings is 1. The number of hydrogen-bond acceptors (Lipinski definition) is 4. The Morgan fingerprint density at radius 1 is 0.973 bits per heavy atom. The topological polar surface area (TPSA) is 74.7 Å². The molecule has 0 spiro atoms. The molecule has 0 aliphatic carbocycles. The van der Waals surface area contributed by atoms with E-state index in [0.29, 0.717) is 29.7 Å². The summed E-state index contributed by atoms with van der Waals surface area (Å²) >= 11 is 3.43. The van der Waals surface area contributed by atoms with E-state index in [-0.39, 0.29) is 34.9 Å². The Bertz CT molecular complexity index is 1430. The summed E-state index contributed by atoms with van der Waals surface area (Å²) in [5.41, 5.74) is 3.52. The number of anilines is 1. The number of benzene rings is 2. The third kappa shape index (κ3) is 5.25. The van der Waals surface area contributed by atoms with Crippen LogP contribution in [0.5, 0.6) is 0 Å². The van der Waals surface area contributed by atoms with Crippen molar-refractivity contribution >= 4 is 39.5 Å². The van der Waals surface area contributed by atoms with Gasteiger partial charge in [0.1, 0.15) is 5.70 Å². The van der Waals surface area contributed by atoms with Crippen LogP contribution in [0.4, 0.5) is 5.69 Å². The largest absolute Gasteiger partial charge is 0.378 e. The number of carbonyl (C=O) groups excluding carboxylic acids is 2. The molecule has 2 aromatic carbocycles. The van der Waals surface area contributed by atoms with Gasteiger partial charge in [-0.05, 0) is 70.2 Å². The number of piperidine rings is 1. The van der Waals surface area contributed by atoms with Gasteiger partial charge in [0.15, 0.2) is 0 Å². The highest BCUT2D eigenvalue weighted by atomic mass is 79.9. The summed E-state index contributed by atoms with van der Waals surface area (Å²) in [5.74, 6) is -0.301. The molecule has 2 atom stereocenters. The maximum absolute atomic E-state index is 13.9. The molecule has 3 aromatic rings. The van der Waals surface area contributed by atoms with Crippen molar-refractivity contribution in [3.63, 3.8) is 0 Å². The molecule has 2 aliphatic rings. The van der Waals surface area contributed by atoms with Crippen LogP contribution in [0.3, 0.4) is 0 Å². The molecule has 0 unspecified atom stereocenters. The van der Waals surface area contributed by atoms with Crippen LogP contribution >= 0.6 is 15.9 Å². The Morgan fingerprint density at radius 3 is 2.46 bits per heavy atom. The third-order valence-corrected chi connectivity index (χ3v) is 7.78. The van der Waals surface area contributed by atoms with Crippen LogP contribution in [-0.4, -0.2) is 48.5 Å². The van der Waals surface area contributed by atoms with E-state index in [2.05, 4.69) is 21.2 Å². The number of nitrogens with one attached hydrogen (secondary N) is 1. The van der Waals surface area contributed by atoms with Gasteiger partial charge < -0.3 is 19.7 Å². The fourth-order valence-electron chi connectivity index (χ4n) is 5.25. The molecule has 1 saturated heterocycles. The van der Waals surface area contributed by atoms with E-state index in [9.17, 15) is 14.4 Å². The average molecular weight is 561 g/mol. The lowest BCUT2D eigenvalue weighted by atomic mass is 9.83. The molecule has 3 heterocycles. The van der Waals surface area contributed by atoms with Crippen LogP contribution < -0.4 is 15.8 Å². The fourth-order valence-corrected chi connectivity index (χ4v) is 5.72. The first kappa shape index (κ1) is 25.0. The van der Waals surface area contributed by atoms with Crippen LogP contribution in [0.1, 0.15) is 34.0 Å². The van der Waals surface area contributed by atoms with E-state index in [1.165, 1.54) is 0 Å². The van der Waals surface area contributed by atoms with Crippen molar-refractivity contribution in [3.8, 4) is 0 Å². The van der Waals surface area contributed by atoms with E-state index in [1.807, 2.05) is 64.9 Å². The number of aromatic nitrogens is 1. The van der Waals surface area contributed by atoms with Crippen molar-refractivity contribution in [1.82, 2.24) is 14.8 Å². The molecule has 1 aromatic heterocycles. The number of fused-ring (bicyclic) bond motifs is 4. The van der Waals surface area contributed by atoms with Gasteiger partial charge in [0.2, 0.25) is 0 Å². The molecule has 0 saturated carbocycles. The molecule has 5 rings (SSSR count). The van der Waals surface area contributed by atoms with Crippen LogP contribution in [0, 0.1) is 5.92 Å². The monoisotopic (exact) mass is 560 g/mol. The van der Waals surface area contributed by atoms with Crippen molar-refractivity contribution in [3.05, 3.63) is 104 Å². The number of carbonyl (C=O) groups is 2. The molecule has 1 N–H and O–H groups in total. The zero-order valence-electron chi connectivity index (χ0n) is 20.9. The van der Waals surface area contributed by atoms with Crippen LogP contribution in [0.25, 0.3) is 6.08 Å². The lowest BCUT2D eigenvalue weighted by molar-refractivity contribution is -0.130. The zero-order valence-corrected chi connectivity index (χ0v) is 22.4. The molecule has 190 valence electrons. The standard InChI is InChI=1S/C29H29BrN4O3/c1-32(2)22-12-10-19(11-13-22)15-25(31-28(36)23-6-3-4-7-24(23)30)29(37)33-16-20-14-21(18-33)26-8-5-9-27(35)34(26)17-20/h3-13,15,20-21H,14,16-18H2,1-2H3,(H,31,36)/b25-15-/t20-,21-/m1/s1. The minimum atomic E-state index is -0.355. The number of likely N-dealkylation sites (tertiary alicyclic amines) is 1. The van der Waals surface area contributed by atoms with Gasteiger partial charge in [0.05, 0.1) is 5.56 Å². The second kappa shape index (κ2) is 10.4. The second-order valence-electron chi connectivity index (χ2n) is 9.89. The van der Waals surface area contributed by atoms with Gasteiger partial charge in [0.25, 0.3) is 17.4 Å². The van der Waals surface area contributed by atoms with Crippen molar-refractivity contribution in [1.29, 1.82) is 0 Å². The smallest absolute Gasteiger partial charge is 0.270 e. The first-order chi connectivity index (χ1) is 17.8.